The Morgan fingerprint density at radius 2 is 1.36 bits per heavy atom. The minimum atomic E-state index is -4.87. The minimum Gasteiger partial charge on any atom is -0.267 e. The fraction of sp³-hybridized carbons (Fsp3) is 0.571. The molecule has 1 fully saturated rings. The summed E-state index contributed by atoms with van der Waals surface area (Å²) in [5.74, 6) is -2.04. The molecular weight excluding hydrogens is 385 g/mol. The predicted octanol–water partition coefficient (Wildman–Crippen LogP) is 2.61. The first-order valence-corrected chi connectivity index (χ1v) is 10.4. The molecule has 0 atom stereocenters. The van der Waals surface area contributed by atoms with Crippen molar-refractivity contribution in [3.05, 3.63) is 30.3 Å². The van der Waals surface area contributed by atoms with Crippen LogP contribution in [0.2, 0.25) is 0 Å². The van der Waals surface area contributed by atoms with Crippen LogP contribution >= 0.6 is 0 Å². The van der Waals surface area contributed by atoms with Gasteiger partial charge in [-0.05, 0) is 37.8 Å². The smallest absolute Gasteiger partial charge is 0.267 e. The summed E-state index contributed by atoms with van der Waals surface area (Å²) in [7, 11) is -8.66. The summed E-state index contributed by atoms with van der Waals surface area (Å²) in [6, 6.07) is 7.52. The lowest BCUT2D eigenvalue weighted by Gasteiger charge is -2.27. The molecule has 0 heterocycles. The van der Waals surface area contributed by atoms with Crippen molar-refractivity contribution < 1.29 is 38.4 Å². The molecule has 2 rings (SSSR count). The van der Waals surface area contributed by atoms with Crippen molar-refractivity contribution in [1.82, 2.24) is 0 Å². The summed E-state index contributed by atoms with van der Waals surface area (Å²) in [4.78, 5) is 0.00104. The highest BCUT2D eigenvalue weighted by atomic mass is 32.2. The van der Waals surface area contributed by atoms with Gasteiger partial charge in [0.25, 0.3) is 20.2 Å². The standard InChI is InChI=1S/C14H17F3O6S2/c15-14(16,17)10-24(18,19)22-11-6-8-12(9-7-11)23-25(20,21)13-4-2-1-3-5-13/h1-5,11-12H,6-10H2. The second-order valence-electron chi connectivity index (χ2n) is 5.68. The second-order valence-corrected chi connectivity index (χ2v) is 8.84. The molecule has 1 aliphatic carbocycles. The summed E-state index contributed by atoms with van der Waals surface area (Å²) >= 11 is 0. The van der Waals surface area contributed by atoms with Crippen molar-refractivity contribution in [2.75, 3.05) is 5.75 Å². The molecule has 0 unspecified atom stereocenters. The Bertz CT molecular complexity index is 767. The molecule has 0 aliphatic heterocycles. The van der Waals surface area contributed by atoms with E-state index in [2.05, 4.69) is 4.18 Å². The Labute approximate surface area is 144 Å². The van der Waals surface area contributed by atoms with E-state index in [-0.39, 0.29) is 30.6 Å². The molecule has 11 heteroatoms. The second kappa shape index (κ2) is 7.60. The van der Waals surface area contributed by atoms with Gasteiger partial charge in [0.1, 0.15) is 0 Å². The number of hydrogen-bond donors (Lipinski definition) is 0. The van der Waals surface area contributed by atoms with E-state index in [1.807, 2.05) is 0 Å². The normalized spacial score (nSPS) is 22.7. The topological polar surface area (TPSA) is 86.7 Å². The highest BCUT2D eigenvalue weighted by molar-refractivity contribution is 7.87. The lowest BCUT2D eigenvalue weighted by Crippen LogP contribution is -2.32. The largest absolute Gasteiger partial charge is 0.405 e. The van der Waals surface area contributed by atoms with Crippen LogP contribution in [0.5, 0.6) is 0 Å². The zero-order valence-electron chi connectivity index (χ0n) is 13.0. The van der Waals surface area contributed by atoms with Gasteiger partial charge >= 0.3 is 6.18 Å². The first kappa shape index (κ1) is 20.1. The number of benzene rings is 1. The Hall–Kier alpha value is -1.17. The lowest BCUT2D eigenvalue weighted by atomic mass is 9.95. The van der Waals surface area contributed by atoms with E-state index in [0.29, 0.717) is 0 Å². The molecule has 1 aromatic carbocycles. The van der Waals surface area contributed by atoms with Crippen molar-refractivity contribution >= 4 is 20.2 Å². The summed E-state index contributed by atoms with van der Waals surface area (Å²) in [6.45, 7) is 0. The van der Waals surface area contributed by atoms with Crippen molar-refractivity contribution in [2.24, 2.45) is 0 Å². The monoisotopic (exact) mass is 402 g/mol. The highest BCUT2D eigenvalue weighted by Crippen LogP contribution is 2.28. The third kappa shape index (κ3) is 6.57. The molecule has 6 nitrogen and oxygen atoms in total. The Kier molecular flexibility index (Phi) is 6.13. The first-order chi connectivity index (χ1) is 11.5. The van der Waals surface area contributed by atoms with Gasteiger partial charge in [-0.3, -0.25) is 8.37 Å². The Balaban J connectivity index is 1.88. The molecule has 0 bridgehead atoms. The molecule has 25 heavy (non-hydrogen) atoms. The molecule has 1 saturated carbocycles. The van der Waals surface area contributed by atoms with Crippen molar-refractivity contribution in [1.29, 1.82) is 0 Å². The van der Waals surface area contributed by atoms with Crippen LogP contribution < -0.4 is 0 Å². The molecule has 0 aromatic heterocycles. The highest BCUT2D eigenvalue weighted by Gasteiger charge is 2.38. The van der Waals surface area contributed by atoms with E-state index in [1.165, 1.54) is 12.1 Å². The number of halogens is 3. The fourth-order valence-corrected chi connectivity index (χ4v) is 4.72. The number of hydrogen-bond acceptors (Lipinski definition) is 6. The van der Waals surface area contributed by atoms with Gasteiger partial charge < -0.3 is 0 Å². The maximum absolute atomic E-state index is 12.2. The van der Waals surface area contributed by atoms with Crippen LogP contribution in [0, 0.1) is 0 Å². The lowest BCUT2D eigenvalue weighted by molar-refractivity contribution is -0.108. The van der Waals surface area contributed by atoms with Crippen LogP contribution in [0.1, 0.15) is 25.7 Å². The maximum atomic E-state index is 12.2. The Morgan fingerprint density at radius 1 is 0.880 bits per heavy atom. The molecule has 0 amide bonds. The fourth-order valence-electron chi connectivity index (χ4n) is 2.49. The molecule has 0 N–H and O–H groups in total. The average Bonchev–Trinajstić information content (AvgIpc) is 2.47. The summed E-state index contributed by atoms with van der Waals surface area (Å²) in [6.07, 6.45) is -5.94. The van der Waals surface area contributed by atoms with Crippen LogP contribution in [0.4, 0.5) is 13.2 Å². The quantitative estimate of drug-likeness (QED) is 0.680. The van der Waals surface area contributed by atoms with Gasteiger partial charge in [-0.15, -0.1) is 0 Å². The van der Waals surface area contributed by atoms with E-state index >= 15 is 0 Å². The Morgan fingerprint density at radius 3 is 1.84 bits per heavy atom. The summed E-state index contributed by atoms with van der Waals surface area (Å²) < 4.78 is 93.0. The van der Waals surface area contributed by atoms with E-state index in [9.17, 15) is 30.0 Å². The van der Waals surface area contributed by atoms with E-state index < -0.39 is 44.4 Å². The predicted molar refractivity (Wildman–Crippen MR) is 81.7 cm³/mol. The number of rotatable bonds is 6. The summed E-state index contributed by atoms with van der Waals surface area (Å²) in [5, 5.41) is 0. The van der Waals surface area contributed by atoms with Crippen LogP contribution in [-0.4, -0.2) is 41.0 Å². The third-order valence-electron chi connectivity index (χ3n) is 3.54. The van der Waals surface area contributed by atoms with Crippen molar-refractivity contribution in [3.8, 4) is 0 Å². The van der Waals surface area contributed by atoms with Crippen LogP contribution in [-0.2, 0) is 28.6 Å². The minimum absolute atomic E-state index is 0.00104. The average molecular weight is 402 g/mol. The third-order valence-corrected chi connectivity index (χ3v) is 6.16. The maximum Gasteiger partial charge on any atom is 0.405 e. The van der Waals surface area contributed by atoms with Gasteiger partial charge in [0.15, 0.2) is 5.75 Å². The molecule has 1 aromatic rings. The van der Waals surface area contributed by atoms with Crippen molar-refractivity contribution in [2.45, 2.75) is 49.0 Å². The zero-order chi connectivity index (χ0) is 18.7. The summed E-state index contributed by atoms with van der Waals surface area (Å²) in [5.41, 5.74) is 0. The molecule has 142 valence electrons. The molecule has 0 spiro atoms. The van der Waals surface area contributed by atoms with Gasteiger partial charge in [0.2, 0.25) is 0 Å². The molecular formula is C14H17F3O6S2. The van der Waals surface area contributed by atoms with Crippen LogP contribution in [0.25, 0.3) is 0 Å². The van der Waals surface area contributed by atoms with Crippen LogP contribution in [0.15, 0.2) is 35.2 Å². The van der Waals surface area contributed by atoms with Gasteiger partial charge in [-0.2, -0.15) is 30.0 Å². The van der Waals surface area contributed by atoms with Gasteiger partial charge in [-0.1, -0.05) is 18.2 Å². The first-order valence-electron chi connectivity index (χ1n) is 7.43. The molecule has 0 radical (unpaired) electrons. The molecule has 1 aliphatic rings. The number of alkyl halides is 3. The SMILES string of the molecule is O=S(=O)(CC(F)(F)F)OC1CCC(OS(=O)(=O)c2ccccc2)CC1. The van der Waals surface area contributed by atoms with Gasteiger partial charge in [-0.25, -0.2) is 0 Å². The zero-order valence-corrected chi connectivity index (χ0v) is 14.6. The van der Waals surface area contributed by atoms with E-state index in [1.54, 1.807) is 18.2 Å². The van der Waals surface area contributed by atoms with Gasteiger partial charge in [0.05, 0.1) is 17.1 Å². The van der Waals surface area contributed by atoms with Gasteiger partial charge in [0, 0.05) is 0 Å². The van der Waals surface area contributed by atoms with E-state index in [4.69, 9.17) is 4.18 Å². The molecule has 0 saturated heterocycles. The van der Waals surface area contributed by atoms with Crippen molar-refractivity contribution in [3.63, 3.8) is 0 Å². The van der Waals surface area contributed by atoms with Crippen LogP contribution in [0.3, 0.4) is 0 Å². The van der Waals surface area contributed by atoms with E-state index in [0.717, 1.165) is 0 Å².